The molecule has 0 radical (unpaired) electrons. The third kappa shape index (κ3) is 7.03. The molecular weight excluding hydrogens is 403 g/mol. The van der Waals surface area contributed by atoms with Gasteiger partial charge in [0.15, 0.2) is 5.96 Å². The van der Waals surface area contributed by atoms with Crippen LogP contribution >= 0.6 is 24.0 Å². The van der Waals surface area contributed by atoms with E-state index in [2.05, 4.69) is 41.3 Å². The molecule has 1 aromatic rings. The zero-order chi connectivity index (χ0) is 15.8. The second kappa shape index (κ2) is 10.8. The van der Waals surface area contributed by atoms with E-state index in [1.807, 2.05) is 13.1 Å². The first-order valence-corrected chi connectivity index (χ1v) is 8.17. The quantitative estimate of drug-likeness (QED) is 0.427. The van der Waals surface area contributed by atoms with Gasteiger partial charge in [0.2, 0.25) is 0 Å². The molecule has 5 nitrogen and oxygen atoms in total. The number of hydrogen-bond donors (Lipinski definition) is 1. The smallest absolute Gasteiger partial charge is 0.193 e. The van der Waals surface area contributed by atoms with Crippen molar-refractivity contribution in [3.8, 4) is 0 Å². The van der Waals surface area contributed by atoms with E-state index < -0.39 is 0 Å². The van der Waals surface area contributed by atoms with E-state index in [9.17, 15) is 0 Å². The predicted octanol–water partition coefficient (Wildman–Crippen LogP) is 2.48. The first-order chi connectivity index (χ1) is 10.7. The number of halogens is 1. The lowest BCUT2D eigenvalue weighted by Gasteiger charge is -2.24. The molecule has 1 aromatic heterocycles. The number of aromatic nitrogens is 1. The van der Waals surface area contributed by atoms with E-state index in [1.165, 1.54) is 5.56 Å². The van der Waals surface area contributed by atoms with E-state index in [0.717, 1.165) is 57.3 Å². The molecule has 0 amide bonds. The maximum Gasteiger partial charge on any atom is 0.193 e. The SMILES string of the molecule is CCNC(=NCCc1ccc(C)nc1)N(C)CC1CCOC1.I. The van der Waals surface area contributed by atoms with Crippen LogP contribution in [0.5, 0.6) is 0 Å². The molecule has 0 aromatic carbocycles. The van der Waals surface area contributed by atoms with Crippen molar-refractivity contribution < 1.29 is 4.74 Å². The zero-order valence-corrected chi connectivity index (χ0v) is 16.7. The molecule has 1 unspecified atom stereocenters. The second-order valence-electron chi connectivity index (χ2n) is 5.90. The normalized spacial score (nSPS) is 17.7. The molecule has 1 saturated heterocycles. The van der Waals surface area contributed by atoms with Crippen molar-refractivity contribution in [3.05, 3.63) is 29.6 Å². The Balaban J connectivity index is 0.00000264. The Bertz CT molecular complexity index is 472. The van der Waals surface area contributed by atoms with Gasteiger partial charge in [0, 0.05) is 51.1 Å². The molecule has 0 bridgehead atoms. The van der Waals surface area contributed by atoms with Crippen LogP contribution in [0.25, 0.3) is 0 Å². The topological polar surface area (TPSA) is 49.8 Å². The molecule has 2 heterocycles. The maximum absolute atomic E-state index is 5.45. The fourth-order valence-corrected chi connectivity index (χ4v) is 2.61. The highest BCUT2D eigenvalue weighted by molar-refractivity contribution is 14.0. The summed E-state index contributed by atoms with van der Waals surface area (Å²) in [5, 5.41) is 3.37. The van der Waals surface area contributed by atoms with E-state index in [-0.39, 0.29) is 24.0 Å². The molecule has 2 rings (SSSR count). The van der Waals surface area contributed by atoms with Crippen molar-refractivity contribution in [1.29, 1.82) is 0 Å². The van der Waals surface area contributed by atoms with E-state index in [0.29, 0.717) is 5.92 Å². The number of nitrogens with one attached hydrogen (secondary N) is 1. The summed E-state index contributed by atoms with van der Waals surface area (Å²) in [6.07, 6.45) is 4.01. The van der Waals surface area contributed by atoms with Crippen molar-refractivity contribution >= 4 is 29.9 Å². The van der Waals surface area contributed by atoms with Gasteiger partial charge in [0.1, 0.15) is 0 Å². The van der Waals surface area contributed by atoms with Gasteiger partial charge in [0.25, 0.3) is 0 Å². The summed E-state index contributed by atoms with van der Waals surface area (Å²) in [5.41, 5.74) is 2.29. The van der Waals surface area contributed by atoms with Crippen LogP contribution in [0.1, 0.15) is 24.6 Å². The van der Waals surface area contributed by atoms with E-state index in [1.54, 1.807) is 0 Å². The minimum atomic E-state index is 0. The van der Waals surface area contributed by atoms with Gasteiger partial charge in [-0.3, -0.25) is 9.98 Å². The fraction of sp³-hybridized carbons (Fsp3) is 0.647. The highest BCUT2D eigenvalue weighted by Crippen LogP contribution is 2.13. The van der Waals surface area contributed by atoms with Gasteiger partial charge in [-0.05, 0) is 38.3 Å². The average Bonchev–Trinajstić information content (AvgIpc) is 3.01. The van der Waals surface area contributed by atoms with E-state index in [4.69, 9.17) is 9.73 Å². The molecule has 1 atom stereocenters. The summed E-state index contributed by atoms with van der Waals surface area (Å²) in [7, 11) is 2.10. The van der Waals surface area contributed by atoms with Crippen LogP contribution in [0, 0.1) is 12.8 Å². The lowest BCUT2D eigenvalue weighted by Crippen LogP contribution is -2.41. The van der Waals surface area contributed by atoms with Crippen LogP contribution in [0.2, 0.25) is 0 Å². The summed E-state index contributed by atoms with van der Waals surface area (Å²) in [5.74, 6) is 1.60. The van der Waals surface area contributed by atoms with Crippen molar-refractivity contribution in [2.24, 2.45) is 10.9 Å². The third-order valence-corrected chi connectivity index (χ3v) is 3.89. The molecule has 130 valence electrons. The number of guanidine groups is 1. The average molecular weight is 432 g/mol. The molecule has 0 aliphatic carbocycles. The number of ether oxygens (including phenoxy) is 1. The molecule has 1 N–H and O–H groups in total. The van der Waals surface area contributed by atoms with Crippen molar-refractivity contribution in [2.45, 2.75) is 26.7 Å². The molecule has 1 fully saturated rings. The lowest BCUT2D eigenvalue weighted by atomic mass is 10.1. The summed E-state index contributed by atoms with van der Waals surface area (Å²) in [4.78, 5) is 11.3. The van der Waals surface area contributed by atoms with Crippen LogP contribution in [-0.2, 0) is 11.2 Å². The molecule has 6 heteroatoms. The van der Waals surface area contributed by atoms with Crippen LogP contribution in [-0.4, -0.2) is 55.7 Å². The summed E-state index contributed by atoms with van der Waals surface area (Å²) < 4.78 is 5.45. The number of aliphatic imine (C=N–C) groups is 1. The Morgan fingerprint density at radius 3 is 2.91 bits per heavy atom. The molecular formula is C17H29IN4O. The Hall–Kier alpha value is -0.890. The number of hydrogen-bond acceptors (Lipinski definition) is 3. The van der Waals surface area contributed by atoms with E-state index >= 15 is 0 Å². The van der Waals surface area contributed by atoms with Crippen LogP contribution < -0.4 is 5.32 Å². The van der Waals surface area contributed by atoms with Gasteiger partial charge >= 0.3 is 0 Å². The Morgan fingerprint density at radius 1 is 1.48 bits per heavy atom. The first kappa shape index (κ1) is 20.2. The standard InChI is InChI=1S/C17H28N4O.HI/c1-4-18-17(21(3)12-16-8-10-22-13-16)19-9-7-15-6-5-14(2)20-11-15;/h5-6,11,16H,4,7-10,12-13H2,1-3H3,(H,18,19);1H. The van der Waals surface area contributed by atoms with Crippen molar-refractivity contribution in [2.75, 3.05) is 39.9 Å². The summed E-state index contributed by atoms with van der Waals surface area (Å²) in [6, 6.07) is 4.18. The van der Waals surface area contributed by atoms with Crippen LogP contribution in [0.4, 0.5) is 0 Å². The zero-order valence-electron chi connectivity index (χ0n) is 14.4. The van der Waals surface area contributed by atoms with Gasteiger partial charge in [0.05, 0.1) is 6.61 Å². The number of pyridine rings is 1. The maximum atomic E-state index is 5.45. The third-order valence-electron chi connectivity index (χ3n) is 3.89. The number of aryl methyl sites for hydroxylation is 1. The van der Waals surface area contributed by atoms with Gasteiger partial charge in [-0.25, -0.2) is 0 Å². The number of rotatable bonds is 6. The Morgan fingerprint density at radius 2 is 2.30 bits per heavy atom. The second-order valence-corrected chi connectivity index (χ2v) is 5.90. The predicted molar refractivity (Wildman–Crippen MR) is 106 cm³/mol. The van der Waals surface area contributed by atoms with Gasteiger partial charge in [-0.2, -0.15) is 0 Å². The molecule has 0 spiro atoms. The Labute approximate surface area is 156 Å². The van der Waals surface area contributed by atoms with Crippen LogP contribution in [0.15, 0.2) is 23.3 Å². The first-order valence-electron chi connectivity index (χ1n) is 8.17. The number of nitrogens with zero attached hydrogens (tertiary/aromatic N) is 3. The lowest BCUT2D eigenvalue weighted by molar-refractivity contribution is 0.181. The van der Waals surface area contributed by atoms with Crippen LogP contribution in [0.3, 0.4) is 0 Å². The van der Waals surface area contributed by atoms with Gasteiger partial charge in [-0.15, -0.1) is 24.0 Å². The summed E-state index contributed by atoms with van der Waals surface area (Å²) in [6.45, 7) is 8.54. The molecule has 1 aliphatic rings. The van der Waals surface area contributed by atoms with Gasteiger partial charge < -0.3 is 15.0 Å². The van der Waals surface area contributed by atoms with Crippen molar-refractivity contribution in [3.63, 3.8) is 0 Å². The summed E-state index contributed by atoms with van der Waals surface area (Å²) >= 11 is 0. The minimum absolute atomic E-state index is 0. The van der Waals surface area contributed by atoms with Gasteiger partial charge in [-0.1, -0.05) is 6.07 Å². The van der Waals surface area contributed by atoms with Crippen molar-refractivity contribution in [1.82, 2.24) is 15.2 Å². The monoisotopic (exact) mass is 432 g/mol. The minimum Gasteiger partial charge on any atom is -0.381 e. The Kier molecular flexibility index (Phi) is 9.47. The fourth-order valence-electron chi connectivity index (χ4n) is 2.61. The molecule has 0 saturated carbocycles. The highest BCUT2D eigenvalue weighted by atomic mass is 127. The largest absolute Gasteiger partial charge is 0.381 e. The highest BCUT2D eigenvalue weighted by Gasteiger charge is 2.18. The molecule has 23 heavy (non-hydrogen) atoms. The molecule has 1 aliphatic heterocycles.